The van der Waals surface area contributed by atoms with Crippen LogP contribution in [0.15, 0.2) is 22.7 Å². The minimum absolute atomic E-state index is 0.707. The van der Waals surface area contributed by atoms with Crippen LogP contribution in [0.5, 0.6) is 5.75 Å². The average molecular weight is 327 g/mol. The Hall–Kier alpha value is 0.230. The van der Waals surface area contributed by atoms with E-state index in [4.69, 9.17) is 4.74 Å². The lowest BCUT2D eigenvalue weighted by molar-refractivity contribution is 0.335. The summed E-state index contributed by atoms with van der Waals surface area (Å²) in [5.74, 6) is 0.940. The van der Waals surface area contributed by atoms with E-state index in [1.807, 2.05) is 25.1 Å². The van der Waals surface area contributed by atoms with E-state index in [0.29, 0.717) is 6.61 Å². The summed E-state index contributed by atoms with van der Waals surface area (Å²) in [5, 5.41) is 0. The predicted octanol–water partition coefficient (Wildman–Crippen LogP) is 3.45. The summed E-state index contributed by atoms with van der Waals surface area (Å²) in [5.41, 5.74) is 0. The normalized spacial score (nSPS) is 9.73. The fourth-order valence-electron chi connectivity index (χ4n) is 0.765. The van der Waals surface area contributed by atoms with Gasteiger partial charge in [0.1, 0.15) is 5.75 Å². The van der Waals surface area contributed by atoms with E-state index in [0.717, 1.165) is 13.8 Å². The van der Waals surface area contributed by atoms with Gasteiger partial charge in [-0.3, -0.25) is 0 Å². The maximum absolute atomic E-state index is 5.41. The minimum atomic E-state index is 0.707. The molecule has 0 amide bonds. The van der Waals surface area contributed by atoms with Crippen molar-refractivity contribution in [2.45, 2.75) is 6.92 Å². The quantitative estimate of drug-likeness (QED) is 0.756. The molecule has 0 heterocycles. The van der Waals surface area contributed by atoms with Crippen LogP contribution < -0.4 is 4.74 Å². The Labute approximate surface area is 88.4 Å². The molecule has 1 aromatic rings. The second-order valence-electron chi connectivity index (χ2n) is 1.98. The van der Waals surface area contributed by atoms with Gasteiger partial charge in [0, 0.05) is 0 Å². The molecule has 0 aliphatic rings. The van der Waals surface area contributed by atoms with E-state index >= 15 is 0 Å². The van der Waals surface area contributed by atoms with Crippen LogP contribution in [-0.4, -0.2) is 6.61 Å². The third-order valence-electron chi connectivity index (χ3n) is 1.21. The third-order valence-corrected chi connectivity index (χ3v) is 2.68. The Morgan fingerprint density at radius 2 is 2.27 bits per heavy atom. The molecule has 60 valence electrons. The molecular weight excluding hydrogens is 319 g/mol. The molecule has 3 heteroatoms. The fourth-order valence-corrected chi connectivity index (χ4v) is 2.27. The summed E-state index contributed by atoms with van der Waals surface area (Å²) in [4.78, 5) is 0. The molecule has 1 rings (SSSR count). The highest BCUT2D eigenvalue weighted by atomic mass is 127. The van der Waals surface area contributed by atoms with Crippen LogP contribution in [0.1, 0.15) is 6.92 Å². The Kier molecular flexibility index (Phi) is 3.65. The Bertz CT molecular complexity index is 230. The van der Waals surface area contributed by atoms with Crippen molar-refractivity contribution in [2.24, 2.45) is 0 Å². The van der Waals surface area contributed by atoms with Crippen LogP contribution in [0.3, 0.4) is 0 Å². The molecule has 1 nitrogen and oxygen atoms in total. The van der Waals surface area contributed by atoms with E-state index in [9.17, 15) is 0 Å². The van der Waals surface area contributed by atoms with Gasteiger partial charge in [-0.25, -0.2) is 0 Å². The Morgan fingerprint density at radius 1 is 1.55 bits per heavy atom. The van der Waals surface area contributed by atoms with Crippen molar-refractivity contribution in [2.75, 3.05) is 6.61 Å². The Morgan fingerprint density at radius 3 is 2.82 bits per heavy atom. The van der Waals surface area contributed by atoms with Crippen molar-refractivity contribution in [3.8, 4) is 5.75 Å². The highest BCUT2D eigenvalue weighted by molar-refractivity contribution is 14.1. The molecule has 0 aliphatic heterocycles. The molecular formula is C8H8BrIO. The van der Waals surface area contributed by atoms with E-state index in [1.165, 1.54) is 0 Å². The van der Waals surface area contributed by atoms with Crippen molar-refractivity contribution >= 4 is 38.5 Å². The van der Waals surface area contributed by atoms with E-state index in [1.54, 1.807) is 0 Å². The van der Waals surface area contributed by atoms with Gasteiger partial charge < -0.3 is 4.74 Å². The van der Waals surface area contributed by atoms with Crippen LogP contribution in [0.2, 0.25) is 0 Å². The topological polar surface area (TPSA) is 9.23 Å². The van der Waals surface area contributed by atoms with Gasteiger partial charge in [-0.05, 0) is 57.6 Å². The van der Waals surface area contributed by atoms with E-state index < -0.39 is 0 Å². The highest BCUT2D eigenvalue weighted by Gasteiger charge is 2.03. The van der Waals surface area contributed by atoms with Crippen molar-refractivity contribution in [3.63, 3.8) is 0 Å². The first-order valence-electron chi connectivity index (χ1n) is 3.32. The number of hydrogen-bond acceptors (Lipinski definition) is 1. The SMILES string of the molecule is CCOc1c(Br)cccc1I. The number of benzene rings is 1. The van der Waals surface area contributed by atoms with Crippen LogP contribution >= 0.6 is 38.5 Å². The largest absolute Gasteiger partial charge is 0.492 e. The number of halogens is 2. The van der Waals surface area contributed by atoms with Crippen LogP contribution in [0.25, 0.3) is 0 Å². The molecule has 0 fully saturated rings. The molecule has 0 atom stereocenters. The monoisotopic (exact) mass is 326 g/mol. The third kappa shape index (κ3) is 2.33. The van der Waals surface area contributed by atoms with Gasteiger partial charge >= 0.3 is 0 Å². The highest BCUT2D eigenvalue weighted by Crippen LogP contribution is 2.29. The second-order valence-corrected chi connectivity index (χ2v) is 4.00. The zero-order chi connectivity index (χ0) is 8.27. The van der Waals surface area contributed by atoms with Gasteiger partial charge in [0.15, 0.2) is 0 Å². The summed E-state index contributed by atoms with van der Waals surface area (Å²) in [6.07, 6.45) is 0. The zero-order valence-electron chi connectivity index (χ0n) is 6.10. The van der Waals surface area contributed by atoms with Gasteiger partial charge in [0.05, 0.1) is 14.6 Å². The van der Waals surface area contributed by atoms with Gasteiger partial charge in [0.25, 0.3) is 0 Å². The van der Waals surface area contributed by atoms with Crippen LogP contribution in [0.4, 0.5) is 0 Å². The molecule has 0 aromatic heterocycles. The number of rotatable bonds is 2. The molecule has 0 bridgehead atoms. The van der Waals surface area contributed by atoms with Crippen LogP contribution in [0, 0.1) is 3.57 Å². The second kappa shape index (κ2) is 4.30. The lowest BCUT2D eigenvalue weighted by atomic mass is 10.3. The van der Waals surface area contributed by atoms with Crippen LogP contribution in [-0.2, 0) is 0 Å². The fraction of sp³-hybridized carbons (Fsp3) is 0.250. The summed E-state index contributed by atoms with van der Waals surface area (Å²) < 4.78 is 7.57. The van der Waals surface area contributed by atoms with Gasteiger partial charge in [-0.1, -0.05) is 6.07 Å². The van der Waals surface area contributed by atoms with E-state index in [-0.39, 0.29) is 0 Å². The molecule has 0 spiro atoms. The molecule has 0 radical (unpaired) electrons. The summed E-state index contributed by atoms with van der Waals surface area (Å²) in [6.45, 7) is 2.69. The standard InChI is InChI=1S/C8H8BrIO/c1-2-11-8-6(9)4-3-5-7(8)10/h3-5H,2H2,1H3. The van der Waals surface area contributed by atoms with Crippen molar-refractivity contribution < 1.29 is 4.74 Å². The molecule has 1 aromatic carbocycles. The van der Waals surface area contributed by atoms with Crippen molar-refractivity contribution in [1.29, 1.82) is 0 Å². The summed E-state index contributed by atoms with van der Waals surface area (Å²) in [6, 6.07) is 6.00. The molecule has 0 N–H and O–H groups in total. The predicted molar refractivity (Wildman–Crippen MR) is 58.0 cm³/mol. The van der Waals surface area contributed by atoms with Gasteiger partial charge in [0.2, 0.25) is 0 Å². The lowest BCUT2D eigenvalue weighted by Gasteiger charge is -2.06. The first-order valence-corrected chi connectivity index (χ1v) is 5.19. The van der Waals surface area contributed by atoms with Gasteiger partial charge in [-0.15, -0.1) is 0 Å². The van der Waals surface area contributed by atoms with Crippen molar-refractivity contribution in [1.82, 2.24) is 0 Å². The molecule has 11 heavy (non-hydrogen) atoms. The minimum Gasteiger partial charge on any atom is -0.492 e. The van der Waals surface area contributed by atoms with Gasteiger partial charge in [-0.2, -0.15) is 0 Å². The molecule has 0 unspecified atom stereocenters. The maximum atomic E-state index is 5.41. The molecule has 0 saturated heterocycles. The maximum Gasteiger partial charge on any atom is 0.146 e. The van der Waals surface area contributed by atoms with E-state index in [2.05, 4.69) is 38.5 Å². The van der Waals surface area contributed by atoms with Crippen molar-refractivity contribution in [3.05, 3.63) is 26.2 Å². The average Bonchev–Trinajstić information content (AvgIpc) is 1.97. The Balaban J connectivity index is 3.00. The lowest BCUT2D eigenvalue weighted by Crippen LogP contribution is -1.94. The number of hydrogen-bond donors (Lipinski definition) is 0. The molecule has 0 saturated carbocycles. The number of ether oxygens (including phenoxy) is 1. The number of para-hydroxylation sites is 1. The molecule has 0 aliphatic carbocycles. The summed E-state index contributed by atoms with van der Waals surface area (Å²) >= 11 is 5.67. The summed E-state index contributed by atoms with van der Waals surface area (Å²) in [7, 11) is 0. The smallest absolute Gasteiger partial charge is 0.146 e. The zero-order valence-corrected chi connectivity index (χ0v) is 9.85. The first-order chi connectivity index (χ1) is 5.25. The first kappa shape index (κ1) is 9.32.